The van der Waals surface area contributed by atoms with Crippen LogP contribution < -0.4 is 19.7 Å². The van der Waals surface area contributed by atoms with Crippen LogP contribution in [-0.2, 0) is 0 Å². The Morgan fingerprint density at radius 2 is 1.87 bits per heavy atom. The van der Waals surface area contributed by atoms with Crippen LogP contribution in [0.1, 0.15) is 29.0 Å². The molecule has 1 aliphatic rings. The Morgan fingerprint density at radius 3 is 2.61 bits per heavy atom. The van der Waals surface area contributed by atoms with E-state index in [-0.39, 0.29) is 12.1 Å². The first kappa shape index (κ1) is 21.2. The Kier molecular flexibility index (Phi) is 6.46. The van der Waals surface area contributed by atoms with Crippen molar-refractivity contribution in [2.24, 2.45) is 0 Å². The number of nitrogens with zero attached hydrogens (tertiary/aromatic N) is 1. The zero-order valence-corrected chi connectivity index (χ0v) is 19.3. The molecule has 1 amide bonds. The number of amides is 1. The summed E-state index contributed by atoms with van der Waals surface area (Å²) >= 11 is 2.23. The van der Waals surface area contributed by atoms with Gasteiger partial charge in [-0.25, -0.2) is 0 Å². The van der Waals surface area contributed by atoms with Crippen molar-refractivity contribution in [3.63, 3.8) is 0 Å². The third-order valence-corrected chi connectivity index (χ3v) is 5.62. The Hall–Kier alpha value is -3.00. The van der Waals surface area contributed by atoms with Crippen LogP contribution in [0.3, 0.4) is 0 Å². The first-order valence-electron chi connectivity index (χ1n) is 10.1. The summed E-state index contributed by atoms with van der Waals surface area (Å²) in [5, 5.41) is 3.54. The number of hydrogen-bond acceptors (Lipinski definition) is 4. The molecule has 1 N–H and O–H groups in total. The number of halogens is 1. The fourth-order valence-electron chi connectivity index (χ4n) is 3.58. The van der Waals surface area contributed by atoms with Crippen molar-refractivity contribution in [2.45, 2.75) is 13.1 Å². The average Bonchev–Trinajstić information content (AvgIpc) is 2.79. The molecule has 0 spiro atoms. The van der Waals surface area contributed by atoms with E-state index in [0.29, 0.717) is 18.8 Å². The van der Waals surface area contributed by atoms with Crippen LogP contribution in [0.15, 0.2) is 79.4 Å². The molecular formula is C25H23IN2O3. The Morgan fingerprint density at radius 1 is 1.06 bits per heavy atom. The minimum Gasteiger partial charge on any atom is -0.494 e. The third-order valence-electron chi connectivity index (χ3n) is 4.95. The van der Waals surface area contributed by atoms with Crippen molar-refractivity contribution in [2.75, 3.05) is 23.4 Å². The molecule has 3 aromatic carbocycles. The fourth-order valence-corrected chi connectivity index (χ4v) is 4.07. The van der Waals surface area contributed by atoms with Crippen LogP contribution in [0.25, 0.3) is 0 Å². The van der Waals surface area contributed by atoms with Gasteiger partial charge in [-0.15, -0.1) is 0 Å². The summed E-state index contributed by atoms with van der Waals surface area (Å²) in [6, 6.07) is 21.2. The van der Waals surface area contributed by atoms with Crippen molar-refractivity contribution in [3.05, 3.63) is 94.1 Å². The molecule has 1 unspecified atom stereocenters. The quantitative estimate of drug-likeness (QED) is 0.302. The number of benzene rings is 3. The summed E-state index contributed by atoms with van der Waals surface area (Å²) in [4.78, 5) is 15.4. The van der Waals surface area contributed by atoms with Gasteiger partial charge in [-0.2, -0.15) is 0 Å². The smallest absolute Gasteiger partial charge is 0.262 e. The Bertz CT molecular complexity index is 1100. The van der Waals surface area contributed by atoms with Gasteiger partial charge in [-0.05, 0) is 89.7 Å². The number of rotatable bonds is 7. The molecule has 0 radical (unpaired) electrons. The molecule has 0 fully saturated rings. The van der Waals surface area contributed by atoms with Gasteiger partial charge in [-0.1, -0.05) is 24.8 Å². The molecule has 0 bridgehead atoms. The lowest BCUT2D eigenvalue weighted by Gasteiger charge is -2.38. The number of carbonyl (C=O) groups excluding carboxylic acids is 1. The predicted molar refractivity (Wildman–Crippen MR) is 132 cm³/mol. The van der Waals surface area contributed by atoms with Crippen LogP contribution in [0.5, 0.6) is 11.5 Å². The minimum atomic E-state index is -0.384. The van der Waals surface area contributed by atoms with Crippen LogP contribution in [-0.4, -0.2) is 19.1 Å². The Balaban J connectivity index is 1.77. The highest BCUT2D eigenvalue weighted by molar-refractivity contribution is 14.1. The highest BCUT2D eigenvalue weighted by Gasteiger charge is 2.34. The van der Waals surface area contributed by atoms with E-state index in [1.165, 1.54) is 0 Å². The zero-order valence-electron chi connectivity index (χ0n) is 17.2. The van der Waals surface area contributed by atoms with Crippen LogP contribution >= 0.6 is 22.6 Å². The van der Waals surface area contributed by atoms with E-state index in [4.69, 9.17) is 9.47 Å². The van der Waals surface area contributed by atoms with E-state index in [1.54, 1.807) is 11.0 Å². The molecule has 31 heavy (non-hydrogen) atoms. The molecule has 0 aliphatic carbocycles. The maximum Gasteiger partial charge on any atom is 0.262 e. The maximum absolute atomic E-state index is 13.6. The van der Waals surface area contributed by atoms with Gasteiger partial charge in [-0.3, -0.25) is 9.69 Å². The maximum atomic E-state index is 13.6. The highest BCUT2D eigenvalue weighted by Crippen LogP contribution is 2.38. The minimum absolute atomic E-state index is 0.0566. The van der Waals surface area contributed by atoms with Gasteiger partial charge in [0, 0.05) is 14.9 Å². The summed E-state index contributed by atoms with van der Waals surface area (Å²) < 4.78 is 12.3. The first-order valence-corrected chi connectivity index (χ1v) is 11.1. The van der Waals surface area contributed by atoms with Crippen LogP contribution in [0.4, 0.5) is 11.4 Å². The molecule has 6 heteroatoms. The van der Waals surface area contributed by atoms with Gasteiger partial charge in [0.15, 0.2) is 0 Å². The number of fused-ring (bicyclic) bond motifs is 1. The molecule has 158 valence electrons. The van der Waals surface area contributed by atoms with E-state index in [0.717, 1.165) is 32.0 Å². The molecule has 4 rings (SSSR count). The van der Waals surface area contributed by atoms with Crippen molar-refractivity contribution in [1.82, 2.24) is 0 Å². The van der Waals surface area contributed by atoms with E-state index < -0.39 is 0 Å². The lowest BCUT2D eigenvalue weighted by molar-refractivity contribution is 0.0974. The van der Waals surface area contributed by atoms with Gasteiger partial charge in [0.25, 0.3) is 5.91 Å². The van der Waals surface area contributed by atoms with Gasteiger partial charge < -0.3 is 14.8 Å². The lowest BCUT2D eigenvalue weighted by atomic mass is 10.0. The predicted octanol–water partition coefficient (Wildman–Crippen LogP) is 6.03. The van der Waals surface area contributed by atoms with E-state index >= 15 is 0 Å². The normalized spacial score (nSPS) is 15.1. The summed E-state index contributed by atoms with van der Waals surface area (Å²) in [6.45, 7) is 6.66. The standard InChI is InChI=1S/C25H23IN2O3/c1-3-14-31-21-7-5-6-17(15-21)24-27-23-13-8-18(26)16-22(23)25(29)28(24)19-9-11-20(12-10-19)30-4-2/h3,5-13,15-16,24,27H,1,4,14H2,2H3. The van der Waals surface area contributed by atoms with Crippen molar-refractivity contribution in [3.8, 4) is 11.5 Å². The number of carbonyl (C=O) groups is 1. The van der Waals surface area contributed by atoms with Crippen molar-refractivity contribution >= 4 is 39.9 Å². The zero-order chi connectivity index (χ0) is 21.8. The molecule has 0 aromatic heterocycles. The number of nitrogens with one attached hydrogen (secondary N) is 1. The topological polar surface area (TPSA) is 50.8 Å². The second-order valence-corrected chi connectivity index (χ2v) is 8.26. The summed E-state index contributed by atoms with van der Waals surface area (Å²) in [5.74, 6) is 1.44. The first-order chi connectivity index (χ1) is 15.1. The fraction of sp³-hybridized carbons (Fsp3) is 0.160. The molecule has 1 aliphatic heterocycles. The van der Waals surface area contributed by atoms with Gasteiger partial charge in [0.05, 0.1) is 12.2 Å². The summed E-state index contributed by atoms with van der Waals surface area (Å²) in [5.41, 5.74) is 3.17. The Labute approximate surface area is 195 Å². The monoisotopic (exact) mass is 526 g/mol. The van der Waals surface area contributed by atoms with E-state index in [1.807, 2.05) is 73.7 Å². The summed E-state index contributed by atoms with van der Waals surface area (Å²) in [6.07, 6.45) is 1.32. The summed E-state index contributed by atoms with van der Waals surface area (Å²) in [7, 11) is 0. The number of ether oxygens (including phenoxy) is 2. The molecule has 3 aromatic rings. The van der Waals surface area contributed by atoms with Crippen molar-refractivity contribution < 1.29 is 14.3 Å². The van der Waals surface area contributed by atoms with Crippen LogP contribution in [0, 0.1) is 3.57 Å². The second-order valence-electron chi connectivity index (χ2n) is 7.01. The van der Waals surface area contributed by atoms with Gasteiger partial charge in [0.2, 0.25) is 0 Å². The number of hydrogen-bond donors (Lipinski definition) is 1. The third kappa shape index (κ3) is 4.54. The second kappa shape index (κ2) is 9.43. The number of anilines is 2. The van der Waals surface area contributed by atoms with E-state index in [9.17, 15) is 4.79 Å². The van der Waals surface area contributed by atoms with Crippen LogP contribution in [0.2, 0.25) is 0 Å². The average molecular weight is 526 g/mol. The molecule has 0 saturated heterocycles. The van der Waals surface area contributed by atoms with Crippen molar-refractivity contribution in [1.29, 1.82) is 0 Å². The molecular weight excluding hydrogens is 503 g/mol. The molecule has 1 heterocycles. The molecule has 5 nitrogen and oxygen atoms in total. The lowest BCUT2D eigenvalue weighted by Crippen LogP contribution is -2.43. The van der Waals surface area contributed by atoms with Gasteiger partial charge in [0.1, 0.15) is 24.3 Å². The van der Waals surface area contributed by atoms with Gasteiger partial charge >= 0.3 is 0 Å². The highest BCUT2D eigenvalue weighted by atomic mass is 127. The SMILES string of the molecule is C=CCOc1cccc(C2Nc3ccc(I)cc3C(=O)N2c2ccc(OCC)cc2)c1. The van der Waals surface area contributed by atoms with E-state index in [2.05, 4.69) is 34.5 Å². The largest absolute Gasteiger partial charge is 0.494 e. The molecule has 1 atom stereocenters. The molecule has 0 saturated carbocycles.